The molecule has 4 rings (SSSR count). The first-order valence-electron chi connectivity index (χ1n) is 10.2. The van der Waals surface area contributed by atoms with Crippen LogP contribution in [0.25, 0.3) is 0 Å². The van der Waals surface area contributed by atoms with E-state index in [0.29, 0.717) is 18.3 Å². The van der Waals surface area contributed by atoms with Gasteiger partial charge in [-0.2, -0.15) is 0 Å². The van der Waals surface area contributed by atoms with Gasteiger partial charge in [0.05, 0.1) is 5.69 Å². The normalized spacial score (nSPS) is 10.9. The fourth-order valence-electron chi connectivity index (χ4n) is 2.90. The Labute approximate surface area is 191 Å². The van der Waals surface area contributed by atoms with Crippen molar-refractivity contribution in [3.63, 3.8) is 0 Å². The number of hydrogen-bond acceptors (Lipinski definition) is 6. The van der Waals surface area contributed by atoms with Crippen molar-refractivity contribution < 1.29 is 4.74 Å². The zero-order valence-corrected chi connectivity index (χ0v) is 19.2. The van der Waals surface area contributed by atoms with Gasteiger partial charge in [0.15, 0.2) is 16.7 Å². The highest BCUT2D eigenvalue weighted by Crippen LogP contribution is 2.33. The van der Waals surface area contributed by atoms with E-state index < -0.39 is 0 Å². The summed E-state index contributed by atoms with van der Waals surface area (Å²) in [6, 6.07) is 22.7. The lowest BCUT2D eigenvalue weighted by Gasteiger charge is -2.13. The third kappa shape index (κ3) is 6.09. The molecule has 0 fully saturated rings. The second-order valence-corrected chi connectivity index (χ2v) is 9.33. The van der Waals surface area contributed by atoms with Gasteiger partial charge in [-0.1, -0.05) is 74.5 Å². The van der Waals surface area contributed by atoms with Gasteiger partial charge < -0.3 is 10.1 Å². The summed E-state index contributed by atoms with van der Waals surface area (Å²) in [6.45, 7) is 4.77. The van der Waals surface area contributed by atoms with Crippen molar-refractivity contribution in [2.75, 3.05) is 5.32 Å². The molecule has 31 heavy (non-hydrogen) atoms. The smallest absolute Gasteiger partial charge is 0.188 e. The van der Waals surface area contributed by atoms with Gasteiger partial charge in [0.2, 0.25) is 0 Å². The first-order valence-corrected chi connectivity index (χ1v) is 12.1. The highest BCUT2D eigenvalue weighted by Gasteiger charge is 2.12. The lowest BCUT2D eigenvalue weighted by atomic mass is 10.2. The number of benzene rings is 2. The van der Waals surface area contributed by atoms with Gasteiger partial charge in [0.25, 0.3) is 0 Å². The molecule has 4 nitrogen and oxygen atoms in total. The first kappa shape index (κ1) is 21.4. The number of ether oxygens (including phenoxy) is 1. The van der Waals surface area contributed by atoms with E-state index in [9.17, 15) is 0 Å². The summed E-state index contributed by atoms with van der Waals surface area (Å²) < 4.78 is 6.18. The van der Waals surface area contributed by atoms with E-state index in [1.54, 1.807) is 23.1 Å². The monoisotopic (exact) mass is 447 g/mol. The average Bonchev–Trinajstić information content (AvgIpc) is 3.28. The molecule has 0 unspecified atom stereocenters. The average molecular weight is 448 g/mol. The lowest BCUT2D eigenvalue weighted by Crippen LogP contribution is -2.02. The quantitative estimate of drug-likeness (QED) is 0.273. The molecule has 0 radical (unpaired) electrons. The van der Waals surface area contributed by atoms with Crippen LogP contribution in [0.1, 0.15) is 36.6 Å². The third-order valence-corrected chi connectivity index (χ3v) is 6.46. The molecule has 6 heteroatoms. The summed E-state index contributed by atoms with van der Waals surface area (Å²) in [5.74, 6) is 2.69. The molecule has 0 atom stereocenters. The van der Waals surface area contributed by atoms with Crippen LogP contribution in [0.5, 0.6) is 5.75 Å². The molecular formula is C25H25N3OS2. The SMILES string of the molecule is CC(C)c1csc(Nc2ncc(SCc3ccccc3)cc2OCc2ccccc2)n1. The van der Waals surface area contributed by atoms with Gasteiger partial charge in [-0.15, -0.1) is 23.1 Å². The van der Waals surface area contributed by atoms with Crippen LogP contribution >= 0.6 is 23.1 Å². The molecule has 0 aliphatic heterocycles. The minimum absolute atomic E-state index is 0.394. The number of nitrogens with one attached hydrogen (secondary N) is 1. The van der Waals surface area contributed by atoms with E-state index in [0.717, 1.165) is 32.8 Å². The van der Waals surface area contributed by atoms with Crippen molar-refractivity contribution in [2.24, 2.45) is 0 Å². The molecule has 1 N–H and O–H groups in total. The number of aromatic nitrogens is 2. The molecule has 0 saturated carbocycles. The largest absolute Gasteiger partial charge is 0.485 e. The Balaban J connectivity index is 1.53. The maximum absolute atomic E-state index is 6.18. The van der Waals surface area contributed by atoms with Crippen LogP contribution in [0.3, 0.4) is 0 Å². The van der Waals surface area contributed by atoms with Crippen molar-refractivity contribution in [1.82, 2.24) is 9.97 Å². The van der Waals surface area contributed by atoms with Gasteiger partial charge >= 0.3 is 0 Å². The topological polar surface area (TPSA) is 47.0 Å². The number of thioether (sulfide) groups is 1. The molecule has 0 spiro atoms. The highest BCUT2D eigenvalue weighted by molar-refractivity contribution is 7.98. The van der Waals surface area contributed by atoms with Crippen molar-refractivity contribution in [3.8, 4) is 5.75 Å². The molecule has 0 bridgehead atoms. The van der Waals surface area contributed by atoms with Crippen LogP contribution in [0.2, 0.25) is 0 Å². The summed E-state index contributed by atoms with van der Waals surface area (Å²) in [7, 11) is 0. The lowest BCUT2D eigenvalue weighted by molar-refractivity contribution is 0.306. The maximum atomic E-state index is 6.18. The fraction of sp³-hybridized carbons (Fsp3) is 0.200. The van der Waals surface area contributed by atoms with Gasteiger partial charge in [0.1, 0.15) is 6.61 Å². The van der Waals surface area contributed by atoms with E-state index in [2.05, 4.69) is 77.0 Å². The van der Waals surface area contributed by atoms with Crippen molar-refractivity contribution in [1.29, 1.82) is 0 Å². The molecule has 2 aromatic carbocycles. The van der Waals surface area contributed by atoms with Crippen LogP contribution in [0.15, 0.2) is 83.2 Å². The zero-order valence-electron chi connectivity index (χ0n) is 17.6. The van der Waals surface area contributed by atoms with E-state index in [-0.39, 0.29) is 0 Å². The minimum atomic E-state index is 0.394. The van der Waals surface area contributed by atoms with Crippen LogP contribution in [0, 0.1) is 0 Å². The van der Waals surface area contributed by atoms with E-state index in [1.807, 2.05) is 30.5 Å². The van der Waals surface area contributed by atoms with Gasteiger partial charge in [0, 0.05) is 22.2 Å². The molecule has 2 aromatic heterocycles. The number of hydrogen-bond donors (Lipinski definition) is 1. The summed E-state index contributed by atoms with van der Waals surface area (Å²) >= 11 is 3.33. The maximum Gasteiger partial charge on any atom is 0.188 e. The van der Waals surface area contributed by atoms with E-state index >= 15 is 0 Å². The van der Waals surface area contributed by atoms with Gasteiger partial charge in [-0.05, 0) is 23.1 Å². The van der Waals surface area contributed by atoms with Crippen LogP contribution < -0.4 is 10.1 Å². The minimum Gasteiger partial charge on any atom is -0.485 e. The molecular weight excluding hydrogens is 422 g/mol. The molecule has 0 amide bonds. The fourth-order valence-corrected chi connectivity index (χ4v) is 4.61. The summed E-state index contributed by atoms with van der Waals surface area (Å²) in [5, 5.41) is 6.26. The predicted octanol–water partition coefficient (Wildman–Crippen LogP) is 7.28. The second kappa shape index (κ2) is 10.5. The Morgan fingerprint density at radius 2 is 1.71 bits per heavy atom. The van der Waals surface area contributed by atoms with Crippen molar-refractivity contribution >= 4 is 34.0 Å². The molecule has 0 saturated heterocycles. The number of thiazole rings is 1. The molecule has 158 valence electrons. The highest BCUT2D eigenvalue weighted by atomic mass is 32.2. The molecule has 0 aliphatic carbocycles. The molecule has 4 aromatic rings. The van der Waals surface area contributed by atoms with Crippen molar-refractivity contribution in [3.05, 3.63) is 95.1 Å². The Hall–Kier alpha value is -2.83. The molecule has 2 heterocycles. The van der Waals surface area contributed by atoms with Crippen molar-refractivity contribution in [2.45, 2.75) is 37.0 Å². The summed E-state index contributed by atoms with van der Waals surface area (Å²) in [6.07, 6.45) is 1.89. The third-order valence-electron chi connectivity index (χ3n) is 4.65. The van der Waals surface area contributed by atoms with Gasteiger partial charge in [-0.3, -0.25) is 0 Å². The Morgan fingerprint density at radius 1 is 1.00 bits per heavy atom. The van der Waals surface area contributed by atoms with E-state index in [1.165, 1.54) is 5.56 Å². The predicted molar refractivity (Wildman–Crippen MR) is 130 cm³/mol. The number of rotatable bonds is 9. The zero-order chi connectivity index (χ0) is 21.5. The Morgan fingerprint density at radius 3 is 2.39 bits per heavy atom. The van der Waals surface area contributed by atoms with Crippen LogP contribution in [-0.2, 0) is 12.4 Å². The van der Waals surface area contributed by atoms with Gasteiger partial charge in [-0.25, -0.2) is 9.97 Å². The number of pyridine rings is 1. The number of anilines is 2. The van der Waals surface area contributed by atoms with Crippen LogP contribution in [0.4, 0.5) is 10.9 Å². The first-order chi connectivity index (χ1) is 15.2. The van der Waals surface area contributed by atoms with Crippen LogP contribution in [-0.4, -0.2) is 9.97 Å². The standard InChI is InChI=1S/C25H25N3OS2/c1-18(2)22-17-31-25(27-22)28-24-23(29-15-19-9-5-3-6-10-19)13-21(14-26-24)30-16-20-11-7-4-8-12-20/h3-14,17-18H,15-16H2,1-2H3,(H,26,27,28). The number of nitrogens with zero attached hydrogens (tertiary/aromatic N) is 2. The molecule has 0 aliphatic rings. The summed E-state index contributed by atoms with van der Waals surface area (Å²) in [5.41, 5.74) is 3.48. The van der Waals surface area contributed by atoms with E-state index in [4.69, 9.17) is 4.74 Å². The summed E-state index contributed by atoms with van der Waals surface area (Å²) in [4.78, 5) is 10.4. The second-order valence-electron chi connectivity index (χ2n) is 7.42. The Bertz CT molecular complexity index is 1100. The Kier molecular flexibility index (Phi) is 7.22.